The van der Waals surface area contributed by atoms with Crippen LogP contribution in [0.5, 0.6) is 5.75 Å². The number of rotatable bonds is 6. The number of fused-ring (bicyclic) bond motifs is 1. The van der Waals surface area contributed by atoms with Gasteiger partial charge < -0.3 is 14.8 Å². The molecule has 7 nitrogen and oxygen atoms in total. The number of hydrogen-bond acceptors (Lipinski definition) is 5. The Labute approximate surface area is 147 Å². The van der Waals surface area contributed by atoms with Crippen LogP contribution in [0.1, 0.15) is 13.3 Å². The van der Waals surface area contributed by atoms with Crippen LogP contribution < -0.4 is 15.0 Å². The van der Waals surface area contributed by atoms with Crippen LogP contribution in [0.15, 0.2) is 24.3 Å². The molecule has 1 atom stereocenters. The van der Waals surface area contributed by atoms with E-state index in [9.17, 15) is 9.59 Å². The SMILES string of the molecule is C[C@@H]1Oc2ccccc2N(CC(=O)NCCCN2CCOCC2)C1=O. The molecule has 0 saturated carbocycles. The van der Waals surface area contributed by atoms with Gasteiger partial charge in [-0.15, -0.1) is 0 Å². The Morgan fingerprint density at radius 3 is 2.84 bits per heavy atom. The number of morpholine rings is 1. The summed E-state index contributed by atoms with van der Waals surface area (Å²) in [7, 11) is 0. The highest BCUT2D eigenvalue weighted by Crippen LogP contribution is 2.33. The van der Waals surface area contributed by atoms with E-state index in [0.29, 0.717) is 18.0 Å². The van der Waals surface area contributed by atoms with Gasteiger partial charge in [-0.05, 0) is 32.0 Å². The summed E-state index contributed by atoms with van der Waals surface area (Å²) in [4.78, 5) is 28.4. The summed E-state index contributed by atoms with van der Waals surface area (Å²) in [6.45, 7) is 6.72. The molecule has 0 radical (unpaired) electrons. The first kappa shape index (κ1) is 17.7. The highest BCUT2D eigenvalue weighted by Gasteiger charge is 2.32. The van der Waals surface area contributed by atoms with Crippen molar-refractivity contribution in [1.29, 1.82) is 0 Å². The molecular weight excluding hydrogens is 322 g/mol. The highest BCUT2D eigenvalue weighted by molar-refractivity contribution is 6.03. The molecule has 1 saturated heterocycles. The van der Waals surface area contributed by atoms with E-state index in [1.807, 2.05) is 18.2 Å². The molecule has 25 heavy (non-hydrogen) atoms. The smallest absolute Gasteiger partial charge is 0.268 e. The van der Waals surface area contributed by atoms with Crippen LogP contribution in [-0.4, -0.2) is 68.8 Å². The van der Waals surface area contributed by atoms with Crippen LogP contribution in [0.2, 0.25) is 0 Å². The van der Waals surface area contributed by atoms with Crippen molar-refractivity contribution in [3.8, 4) is 5.75 Å². The van der Waals surface area contributed by atoms with E-state index in [-0.39, 0.29) is 18.4 Å². The fraction of sp³-hybridized carbons (Fsp3) is 0.556. The Bertz CT molecular complexity index is 616. The summed E-state index contributed by atoms with van der Waals surface area (Å²) in [5, 5.41) is 2.90. The maximum Gasteiger partial charge on any atom is 0.268 e. The lowest BCUT2D eigenvalue weighted by Gasteiger charge is -2.32. The second kappa shape index (κ2) is 8.31. The minimum absolute atomic E-state index is 0.0150. The first-order chi connectivity index (χ1) is 12.1. The van der Waals surface area contributed by atoms with Gasteiger partial charge in [-0.1, -0.05) is 12.1 Å². The van der Waals surface area contributed by atoms with Crippen molar-refractivity contribution >= 4 is 17.5 Å². The zero-order valence-corrected chi connectivity index (χ0v) is 14.6. The molecule has 7 heteroatoms. The van der Waals surface area contributed by atoms with E-state index < -0.39 is 6.10 Å². The highest BCUT2D eigenvalue weighted by atomic mass is 16.5. The molecule has 1 N–H and O–H groups in total. The molecule has 2 aliphatic heterocycles. The molecular formula is C18H25N3O4. The normalized spacial score (nSPS) is 20.8. The van der Waals surface area contributed by atoms with Crippen molar-refractivity contribution in [2.75, 3.05) is 50.8 Å². The van der Waals surface area contributed by atoms with Crippen LogP contribution in [-0.2, 0) is 14.3 Å². The number of anilines is 1. The van der Waals surface area contributed by atoms with E-state index in [2.05, 4.69) is 10.2 Å². The number of benzene rings is 1. The quantitative estimate of drug-likeness (QED) is 0.765. The molecule has 1 aromatic carbocycles. The van der Waals surface area contributed by atoms with Crippen molar-refractivity contribution in [1.82, 2.24) is 10.2 Å². The average Bonchev–Trinajstić information content (AvgIpc) is 2.63. The number of nitrogens with one attached hydrogen (secondary N) is 1. The first-order valence-electron chi connectivity index (χ1n) is 8.79. The number of ether oxygens (including phenoxy) is 2. The molecule has 3 rings (SSSR count). The van der Waals surface area contributed by atoms with Crippen molar-refractivity contribution in [3.63, 3.8) is 0 Å². The average molecular weight is 347 g/mol. The molecule has 1 aromatic rings. The monoisotopic (exact) mass is 347 g/mol. The predicted molar refractivity (Wildman–Crippen MR) is 93.8 cm³/mol. The van der Waals surface area contributed by atoms with Gasteiger partial charge in [-0.2, -0.15) is 0 Å². The number of para-hydroxylation sites is 2. The number of carbonyl (C=O) groups excluding carboxylic acids is 2. The topological polar surface area (TPSA) is 71.1 Å². The Morgan fingerprint density at radius 1 is 1.28 bits per heavy atom. The standard InChI is InChI=1S/C18H25N3O4/c1-14-18(23)21(15-5-2-3-6-16(15)25-14)13-17(22)19-7-4-8-20-9-11-24-12-10-20/h2-3,5-6,14H,4,7-13H2,1H3,(H,19,22)/t14-/m0/s1. The molecule has 0 aromatic heterocycles. The van der Waals surface area contributed by atoms with Crippen molar-refractivity contribution in [3.05, 3.63) is 24.3 Å². The summed E-state index contributed by atoms with van der Waals surface area (Å²) in [6, 6.07) is 7.29. The minimum Gasteiger partial charge on any atom is -0.479 e. The summed E-state index contributed by atoms with van der Waals surface area (Å²) in [6.07, 6.45) is 0.305. The van der Waals surface area contributed by atoms with Gasteiger partial charge in [0.1, 0.15) is 12.3 Å². The van der Waals surface area contributed by atoms with Crippen LogP contribution in [0.4, 0.5) is 5.69 Å². The van der Waals surface area contributed by atoms with Gasteiger partial charge in [0.05, 0.1) is 18.9 Å². The molecule has 2 heterocycles. The predicted octanol–water partition coefficient (Wildman–Crippen LogP) is 0.639. The molecule has 0 bridgehead atoms. The van der Waals surface area contributed by atoms with Crippen molar-refractivity contribution < 1.29 is 19.1 Å². The second-order valence-corrected chi connectivity index (χ2v) is 6.31. The van der Waals surface area contributed by atoms with Crippen LogP contribution in [0.25, 0.3) is 0 Å². The lowest BCUT2D eigenvalue weighted by Crippen LogP contribution is -2.49. The zero-order valence-electron chi connectivity index (χ0n) is 14.6. The van der Waals surface area contributed by atoms with Gasteiger partial charge in [0, 0.05) is 19.6 Å². The van der Waals surface area contributed by atoms with E-state index >= 15 is 0 Å². The largest absolute Gasteiger partial charge is 0.479 e. The van der Waals surface area contributed by atoms with E-state index in [1.54, 1.807) is 13.0 Å². The maximum atomic E-state index is 12.4. The van der Waals surface area contributed by atoms with Gasteiger partial charge in [0.25, 0.3) is 5.91 Å². The minimum atomic E-state index is -0.580. The van der Waals surface area contributed by atoms with E-state index in [1.165, 1.54) is 4.90 Å². The third-order valence-electron chi connectivity index (χ3n) is 4.45. The molecule has 0 spiro atoms. The van der Waals surface area contributed by atoms with Gasteiger partial charge in [-0.25, -0.2) is 0 Å². The second-order valence-electron chi connectivity index (χ2n) is 6.31. The van der Waals surface area contributed by atoms with Crippen LogP contribution in [0.3, 0.4) is 0 Å². The maximum absolute atomic E-state index is 12.4. The summed E-state index contributed by atoms with van der Waals surface area (Å²) in [5.74, 6) is 0.288. The first-order valence-corrected chi connectivity index (χ1v) is 8.79. The molecule has 1 fully saturated rings. The lowest BCUT2D eigenvalue weighted by molar-refractivity contribution is -0.128. The number of hydrogen-bond donors (Lipinski definition) is 1. The molecule has 2 aliphatic rings. The fourth-order valence-corrected chi connectivity index (χ4v) is 3.08. The molecule has 2 amide bonds. The van der Waals surface area contributed by atoms with Crippen LogP contribution >= 0.6 is 0 Å². The lowest BCUT2D eigenvalue weighted by atomic mass is 10.2. The Morgan fingerprint density at radius 2 is 2.04 bits per heavy atom. The third-order valence-corrected chi connectivity index (χ3v) is 4.45. The number of nitrogens with zero attached hydrogens (tertiary/aromatic N) is 2. The van der Waals surface area contributed by atoms with Gasteiger partial charge >= 0.3 is 0 Å². The van der Waals surface area contributed by atoms with Gasteiger partial charge in [0.15, 0.2) is 6.10 Å². The van der Waals surface area contributed by atoms with Gasteiger partial charge in [0.2, 0.25) is 5.91 Å². The van der Waals surface area contributed by atoms with Gasteiger partial charge in [-0.3, -0.25) is 19.4 Å². The molecule has 0 unspecified atom stereocenters. The fourth-order valence-electron chi connectivity index (χ4n) is 3.08. The molecule has 0 aliphatic carbocycles. The van der Waals surface area contributed by atoms with Crippen molar-refractivity contribution in [2.24, 2.45) is 0 Å². The zero-order chi connectivity index (χ0) is 17.6. The summed E-state index contributed by atoms with van der Waals surface area (Å²) in [5.41, 5.74) is 0.647. The van der Waals surface area contributed by atoms with E-state index in [4.69, 9.17) is 9.47 Å². The Hall–Kier alpha value is -2.12. The summed E-state index contributed by atoms with van der Waals surface area (Å²) < 4.78 is 10.9. The Balaban J connectivity index is 1.48. The Kier molecular flexibility index (Phi) is 5.88. The van der Waals surface area contributed by atoms with Crippen LogP contribution in [0, 0.1) is 0 Å². The van der Waals surface area contributed by atoms with E-state index in [0.717, 1.165) is 39.3 Å². The molecule has 136 valence electrons. The van der Waals surface area contributed by atoms with Crippen molar-refractivity contribution in [2.45, 2.75) is 19.4 Å². The third kappa shape index (κ3) is 4.49. The number of carbonyl (C=O) groups is 2. The number of amides is 2. The summed E-state index contributed by atoms with van der Waals surface area (Å²) >= 11 is 0.